The molecule has 1 saturated carbocycles. The highest BCUT2D eigenvalue weighted by atomic mass is 32.1. The van der Waals surface area contributed by atoms with Crippen LogP contribution in [0.1, 0.15) is 44.5 Å². The summed E-state index contributed by atoms with van der Waals surface area (Å²) in [5.41, 5.74) is 0.0965. The molecule has 0 radical (unpaired) electrons. The third kappa shape index (κ3) is 1.84. The van der Waals surface area contributed by atoms with Crippen LogP contribution in [-0.2, 0) is 5.54 Å². The van der Waals surface area contributed by atoms with Gasteiger partial charge in [0.15, 0.2) is 0 Å². The highest BCUT2D eigenvalue weighted by molar-refractivity contribution is 7.09. The Morgan fingerprint density at radius 1 is 1.64 bits per heavy atom. The molecule has 1 heterocycles. The zero-order chi connectivity index (χ0) is 10.0. The maximum atomic E-state index is 4.43. The number of rotatable bonds is 4. The van der Waals surface area contributed by atoms with Crippen LogP contribution in [0.4, 0.5) is 0 Å². The third-order valence-electron chi connectivity index (χ3n) is 3.24. The zero-order valence-electron chi connectivity index (χ0n) is 8.92. The Balaban J connectivity index is 2.08. The van der Waals surface area contributed by atoms with E-state index in [4.69, 9.17) is 0 Å². The van der Waals surface area contributed by atoms with Gasteiger partial charge in [-0.15, -0.1) is 11.3 Å². The molecule has 0 amide bonds. The monoisotopic (exact) mass is 210 g/mol. The van der Waals surface area contributed by atoms with E-state index >= 15 is 0 Å². The normalized spacial score (nSPS) is 21.6. The molecule has 0 aromatic carbocycles. The molecule has 78 valence electrons. The van der Waals surface area contributed by atoms with Gasteiger partial charge in [0, 0.05) is 17.6 Å². The lowest BCUT2D eigenvalue weighted by Gasteiger charge is -2.37. The van der Waals surface area contributed by atoms with Gasteiger partial charge < -0.3 is 5.32 Å². The van der Waals surface area contributed by atoms with Crippen LogP contribution in [0.3, 0.4) is 0 Å². The van der Waals surface area contributed by atoms with E-state index in [0.717, 1.165) is 12.5 Å². The first kappa shape index (κ1) is 10.1. The summed E-state index contributed by atoms with van der Waals surface area (Å²) in [6.07, 6.45) is 7.06. The minimum Gasteiger partial charge on any atom is -0.303 e. The van der Waals surface area contributed by atoms with Gasteiger partial charge in [0.2, 0.25) is 0 Å². The van der Waals surface area contributed by atoms with Gasteiger partial charge in [0.1, 0.15) is 5.01 Å². The fourth-order valence-corrected chi connectivity index (χ4v) is 2.65. The first-order valence-electron chi connectivity index (χ1n) is 5.42. The SMILES string of the molecule is CCC(C)(NC1CCC1)c1nccs1. The molecule has 0 bridgehead atoms. The lowest BCUT2D eigenvalue weighted by atomic mass is 9.88. The van der Waals surface area contributed by atoms with E-state index in [1.54, 1.807) is 11.3 Å². The predicted octanol–water partition coefficient (Wildman–Crippen LogP) is 2.91. The fourth-order valence-electron chi connectivity index (χ4n) is 1.81. The Bertz CT molecular complexity index is 279. The van der Waals surface area contributed by atoms with E-state index in [2.05, 4.69) is 29.5 Å². The number of thiazole rings is 1. The topological polar surface area (TPSA) is 24.9 Å². The molecule has 0 spiro atoms. The largest absolute Gasteiger partial charge is 0.303 e. The second-order valence-electron chi connectivity index (χ2n) is 4.30. The Labute approximate surface area is 89.8 Å². The van der Waals surface area contributed by atoms with Gasteiger partial charge in [0.05, 0.1) is 5.54 Å². The van der Waals surface area contributed by atoms with E-state index in [0.29, 0.717) is 0 Å². The molecule has 1 aromatic rings. The predicted molar refractivity (Wildman–Crippen MR) is 60.5 cm³/mol. The lowest BCUT2D eigenvalue weighted by molar-refractivity contribution is 0.233. The molecule has 2 rings (SSSR count). The van der Waals surface area contributed by atoms with Crippen molar-refractivity contribution in [3.63, 3.8) is 0 Å². The van der Waals surface area contributed by atoms with Crippen LogP contribution in [0.25, 0.3) is 0 Å². The summed E-state index contributed by atoms with van der Waals surface area (Å²) in [7, 11) is 0. The minimum absolute atomic E-state index is 0.0965. The Hall–Kier alpha value is -0.410. The highest BCUT2D eigenvalue weighted by Gasteiger charge is 2.31. The summed E-state index contributed by atoms with van der Waals surface area (Å²) in [5, 5.41) is 7.02. The molecule has 1 unspecified atom stereocenters. The van der Waals surface area contributed by atoms with E-state index in [1.165, 1.54) is 24.3 Å². The highest BCUT2D eigenvalue weighted by Crippen LogP contribution is 2.30. The second-order valence-corrected chi connectivity index (χ2v) is 5.19. The maximum absolute atomic E-state index is 4.43. The number of aromatic nitrogens is 1. The lowest BCUT2D eigenvalue weighted by Crippen LogP contribution is -2.48. The van der Waals surface area contributed by atoms with Gasteiger partial charge in [-0.1, -0.05) is 13.3 Å². The van der Waals surface area contributed by atoms with Crippen LogP contribution >= 0.6 is 11.3 Å². The standard InChI is InChI=1S/C11H18N2S/c1-3-11(2,10-12-7-8-14-10)13-9-5-4-6-9/h7-9,13H,3-6H2,1-2H3. The summed E-state index contributed by atoms with van der Waals surface area (Å²) in [6.45, 7) is 4.50. The summed E-state index contributed by atoms with van der Waals surface area (Å²) in [4.78, 5) is 4.43. The van der Waals surface area contributed by atoms with Gasteiger partial charge in [-0.05, 0) is 26.2 Å². The van der Waals surface area contributed by atoms with Crippen molar-refractivity contribution in [3.8, 4) is 0 Å². The molecule has 0 aliphatic heterocycles. The zero-order valence-corrected chi connectivity index (χ0v) is 9.73. The van der Waals surface area contributed by atoms with Gasteiger partial charge in [-0.25, -0.2) is 4.98 Å². The van der Waals surface area contributed by atoms with Crippen molar-refractivity contribution >= 4 is 11.3 Å². The van der Waals surface area contributed by atoms with Crippen molar-refractivity contribution in [3.05, 3.63) is 16.6 Å². The van der Waals surface area contributed by atoms with Crippen LogP contribution in [0.2, 0.25) is 0 Å². The molecular formula is C11H18N2S. The molecule has 2 nitrogen and oxygen atoms in total. The van der Waals surface area contributed by atoms with Gasteiger partial charge in [-0.3, -0.25) is 0 Å². The number of nitrogens with zero attached hydrogens (tertiary/aromatic N) is 1. The Morgan fingerprint density at radius 3 is 2.86 bits per heavy atom. The molecule has 0 saturated heterocycles. The van der Waals surface area contributed by atoms with Crippen molar-refractivity contribution in [2.75, 3.05) is 0 Å². The average Bonchev–Trinajstić information content (AvgIpc) is 2.64. The molecule has 1 fully saturated rings. The smallest absolute Gasteiger partial charge is 0.112 e. The average molecular weight is 210 g/mol. The van der Waals surface area contributed by atoms with Crippen molar-refractivity contribution in [2.45, 2.75) is 51.1 Å². The van der Waals surface area contributed by atoms with Crippen LogP contribution in [-0.4, -0.2) is 11.0 Å². The van der Waals surface area contributed by atoms with Crippen LogP contribution in [0.5, 0.6) is 0 Å². The maximum Gasteiger partial charge on any atom is 0.112 e. The molecule has 1 N–H and O–H groups in total. The van der Waals surface area contributed by atoms with Gasteiger partial charge in [0.25, 0.3) is 0 Å². The van der Waals surface area contributed by atoms with Crippen molar-refractivity contribution in [2.24, 2.45) is 0 Å². The van der Waals surface area contributed by atoms with E-state index in [1.807, 2.05) is 6.20 Å². The molecule has 1 aliphatic carbocycles. The molecule has 1 atom stereocenters. The summed E-state index contributed by atoms with van der Waals surface area (Å²) < 4.78 is 0. The summed E-state index contributed by atoms with van der Waals surface area (Å²) in [6, 6.07) is 0.726. The van der Waals surface area contributed by atoms with E-state index < -0.39 is 0 Å². The quantitative estimate of drug-likeness (QED) is 0.826. The molecule has 14 heavy (non-hydrogen) atoms. The Kier molecular flexibility index (Phi) is 2.88. The molecule has 1 aromatic heterocycles. The van der Waals surface area contributed by atoms with Gasteiger partial charge >= 0.3 is 0 Å². The number of nitrogens with one attached hydrogen (secondary N) is 1. The second kappa shape index (κ2) is 3.99. The third-order valence-corrected chi connectivity index (χ3v) is 4.28. The summed E-state index contributed by atoms with van der Waals surface area (Å²) >= 11 is 1.76. The Morgan fingerprint density at radius 2 is 2.43 bits per heavy atom. The van der Waals surface area contributed by atoms with Crippen LogP contribution in [0, 0.1) is 0 Å². The molecule has 1 aliphatic rings. The fraction of sp³-hybridized carbons (Fsp3) is 0.727. The first-order valence-corrected chi connectivity index (χ1v) is 6.30. The first-order chi connectivity index (χ1) is 6.74. The number of hydrogen-bond acceptors (Lipinski definition) is 3. The van der Waals surface area contributed by atoms with Gasteiger partial charge in [-0.2, -0.15) is 0 Å². The summed E-state index contributed by atoms with van der Waals surface area (Å²) in [5.74, 6) is 0. The minimum atomic E-state index is 0.0965. The van der Waals surface area contributed by atoms with E-state index in [9.17, 15) is 0 Å². The molecular weight excluding hydrogens is 192 g/mol. The molecule has 3 heteroatoms. The van der Waals surface area contributed by atoms with Crippen LogP contribution in [0.15, 0.2) is 11.6 Å². The van der Waals surface area contributed by atoms with E-state index in [-0.39, 0.29) is 5.54 Å². The van der Waals surface area contributed by atoms with Crippen molar-refractivity contribution < 1.29 is 0 Å². The van der Waals surface area contributed by atoms with Crippen LogP contribution < -0.4 is 5.32 Å². The van der Waals surface area contributed by atoms with Crippen molar-refractivity contribution in [1.82, 2.24) is 10.3 Å². The number of hydrogen-bond donors (Lipinski definition) is 1. The van der Waals surface area contributed by atoms with Crippen molar-refractivity contribution in [1.29, 1.82) is 0 Å².